The van der Waals surface area contributed by atoms with Gasteiger partial charge < -0.3 is 5.11 Å². The van der Waals surface area contributed by atoms with E-state index in [1.165, 1.54) is 44.6 Å². The van der Waals surface area contributed by atoms with Gasteiger partial charge in [-0.3, -0.25) is 0 Å². The van der Waals surface area contributed by atoms with Gasteiger partial charge in [0.05, 0.1) is 0 Å². The van der Waals surface area contributed by atoms with Gasteiger partial charge in [-0.05, 0) is 36.0 Å². The second-order valence-electron chi connectivity index (χ2n) is 5.53. The molecule has 1 aliphatic carbocycles. The molecule has 0 heterocycles. The largest absolute Gasteiger partial charge is 0.396 e. The lowest BCUT2D eigenvalue weighted by atomic mass is 9.82. The summed E-state index contributed by atoms with van der Waals surface area (Å²) in [5.41, 5.74) is 1.01. The lowest BCUT2D eigenvalue weighted by molar-refractivity contribution is 0.163. The van der Waals surface area contributed by atoms with Crippen LogP contribution < -0.4 is 0 Å². The summed E-state index contributed by atoms with van der Waals surface area (Å²) in [6.45, 7) is 0.223. The molecule has 2 heteroatoms. The van der Waals surface area contributed by atoms with Crippen LogP contribution in [0.3, 0.4) is 0 Å². The van der Waals surface area contributed by atoms with E-state index >= 15 is 0 Å². The Hall–Kier alpha value is -0.890. The van der Waals surface area contributed by atoms with Crippen molar-refractivity contribution >= 4 is 0 Å². The Morgan fingerprint density at radius 1 is 1.17 bits per heavy atom. The summed E-state index contributed by atoms with van der Waals surface area (Å²) in [6, 6.07) is 6.79. The van der Waals surface area contributed by atoms with Gasteiger partial charge in [0.2, 0.25) is 0 Å². The van der Waals surface area contributed by atoms with Crippen molar-refractivity contribution in [1.29, 1.82) is 0 Å². The molecule has 18 heavy (non-hydrogen) atoms. The van der Waals surface area contributed by atoms with Crippen LogP contribution in [0, 0.1) is 17.7 Å². The van der Waals surface area contributed by atoms with Gasteiger partial charge in [-0.15, -0.1) is 0 Å². The SMILES string of the molecule is OCC(Cc1cccc(F)c1)C1CCCCCC1. The van der Waals surface area contributed by atoms with Crippen LogP contribution in [0.15, 0.2) is 24.3 Å². The smallest absolute Gasteiger partial charge is 0.123 e. The van der Waals surface area contributed by atoms with Gasteiger partial charge >= 0.3 is 0 Å². The van der Waals surface area contributed by atoms with Crippen molar-refractivity contribution < 1.29 is 9.50 Å². The highest BCUT2D eigenvalue weighted by Crippen LogP contribution is 2.30. The van der Waals surface area contributed by atoms with Crippen LogP contribution in [0.5, 0.6) is 0 Å². The number of rotatable bonds is 4. The van der Waals surface area contributed by atoms with E-state index in [4.69, 9.17) is 0 Å². The number of aliphatic hydroxyl groups excluding tert-OH is 1. The van der Waals surface area contributed by atoms with Crippen molar-refractivity contribution in [1.82, 2.24) is 0 Å². The zero-order valence-corrected chi connectivity index (χ0v) is 10.9. The first-order chi connectivity index (χ1) is 8.79. The van der Waals surface area contributed by atoms with E-state index in [0.29, 0.717) is 11.8 Å². The van der Waals surface area contributed by atoms with Crippen LogP contribution in [-0.4, -0.2) is 11.7 Å². The van der Waals surface area contributed by atoms with Crippen molar-refractivity contribution in [3.63, 3.8) is 0 Å². The summed E-state index contributed by atoms with van der Waals surface area (Å²) >= 11 is 0. The van der Waals surface area contributed by atoms with Crippen molar-refractivity contribution in [3.05, 3.63) is 35.6 Å². The predicted molar refractivity (Wildman–Crippen MR) is 71.9 cm³/mol. The van der Waals surface area contributed by atoms with Gasteiger partial charge in [0.1, 0.15) is 5.82 Å². The third-order valence-electron chi connectivity index (χ3n) is 4.19. The first-order valence-electron chi connectivity index (χ1n) is 7.15. The Morgan fingerprint density at radius 3 is 2.50 bits per heavy atom. The highest BCUT2D eigenvalue weighted by atomic mass is 19.1. The van der Waals surface area contributed by atoms with E-state index in [1.807, 2.05) is 6.07 Å². The standard InChI is InChI=1S/C16H23FO/c17-16-9-5-6-13(11-16)10-15(12-18)14-7-3-1-2-4-8-14/h5-6,9,11,14-15,18H,1-4,7-8,10,12H2. The lowest BCUT2D eigenvalue weighted by Crippen LogP contribution is -2.20. The summed E-state index contributed by atoms with van der Waals surface area (Å²) < 4.78 is 13.2. The molecule has 0 radical (unpaired) electrons. The fourth-order valence-corrected chi connectivity index (χ4v) is 3.13. The zero-order chi connectivity index (χ0) is 12.8. The third kappa shape index (κ3) is 3.81. The Kier molecular flexibility index (Phi) is 5.18. The minimum absolute atomic E-state index is 0.176. The number of benzene rings is 1. The van der Waals surface area contributed by atoms with Crippen molar-refractivity contribution in [2.24, 2.45) is 11.8 Å². The molecule has 0 aromatic heterocycles. The first kappa shape index (κ1) is 13.5. The molecule has 0 aliphatic heterocycles. The maximum Gasteiger partial charge on any atom is 0.123 e. The summed E-state index contributed by atoms with van der Waals surface area (Å²) in [5, 5.41) is 9.61. The Labute approximate surface area is 109 Å². The van der Waals surface area contributed by atoms with Crippen LogP contribution in [-0.2, 0) is 6.42 Å². The van der Waals surface area contributed by atoms with Crippen LogP contribution in [0.25, 0.3) is 0 Å². The molecular formula is C16H23FO. The quantitative estimate of drug-likeness (QED) is 0.802. The van der Waals surface area contributed by atoms with Crippen LogP contribution in [0.1, 0.15) is 44.1 Å². The fourth-order valence-electron chi connectivity index (χ4n) is 3.13. The van der Waals surface area contributed by atoms with Crippen molar-refractivity contribution in [2.75, 3.05) is 6.61 Å². The first-order valence-corrected chi connectivity index (χ1v) is 7.15. The maximum atomic E-state index is 13.2. The van der Waals surface area contributed by atoms with Crippen LogP contribution in [0.4, 0.5) is 4.39 Å². The van der Waals surface area contributed by atoms with Gasteiger partial charge in [-0.2, -0.15) is 0 Å². The summed E-state index contributed by atoms with van der Waals surface area (Å²) in [4.78, 5) is 0. The minimum Gasteiger partial charge on any atom is -0.396 e. The number of halogens is 1. The molecule has 1 nitrogen and oxygen atoms in total. The molecule has 1 saturated carbocycles. The maximum absolute atomic E-state index is 13.2. The second-order valence-corrected chi connectivity index (χ2v) is 5.53. The fraction of sp³-hybridized carbons (Fsp3) is 0.625. The van der Waals surface area contributed by atoms with Crippen LogP contribution in [0.2, 0.25) is 0 Å². The molecule has 0 spiro atoms. The topological polar surface area (TPSA) is 20.2 Å². The molecule has 1 atom stereocenters. The minimum atomic E-state index is -0.176. The highest BCUT2D eigenvalue weighted by molar-refractivity contribution is 5.17. The van der Waals surface area contributed by atoms with Crippen LogP contribution >= 0.6 is 0 Å². The van der Waals surface area contributed by atoms with E-state index in [1.54, 1.807) is 12.1 Å². The van der Waals surface area contributed by atoms with E-state index < -0.39 is 0 Å². The lowest BCUT2D eigenvalue weighted by Gasteiger charge is -2.24. The van der Waals surface area contributed by atoms with Gasteiger partial charge in [-0.1, -0.05) is 50.7 Å². The molecule has 0 bridgehead atoms. The molecule has 1 unspecified atom stereocenters. The van der Waals surface area contributed by atoms with E-state index in [-0.39, 0.29) is 12.4 Å². The number of aliphatic hydroxyl groups is 1. The Morgan fingerprint density at radius 2 is 1.89 bits per heavy atom. The van der Waals surface area contributed by atoms with E-state index in [0.717, 1.165) is 12.0 Å². The molecule has 0 amide bonds. The molecule has 0 saturated heterocycles. The van der Waals surface area contributed by atoms with Gasteiger partial charge in [0.25, 0.3) is 0 Å². The summed E-state index contributed by atoms with van der Waals surface area (Å²) in [5.74, 6) is 0.732. The number of hydrogen-bond donors (Lipinski definition) is 1. The molecule has 1 aromatic carbocycles. The molecule has 100 valence electrons. The van der Waals surface area contributed by atoms with Gasteiger partial charge in [0, 0.05) is 6.61 Å². The Bertz CT molecular complexity index is 356. The summed E-state index contributed by atoms with van der Waals surface area (Å²) in [6.07, 6.45) is 8.47. The molecule has 1 N–H and O–H groups in total. The zero-order valence-electron chi connectivity index (χ0n) is 10.9. The molecule has 2 rings (SSSR count). The normalized spacial score (nSPS) is 19.4. The molecule has 1 aliphatic rings. The number of hydrogen-bond acceptors (Lipinski definition) is 1. The molecule has 1 aromatic rings. The summed E-state index contributed by atoms with van der Waals surface area (Å²) in [7, 11) is 0. The third-order valence-corrected chi connectivity index (χ3v) is 4.19. The van der Waals surface area contributed by atoms with Crippen molar-refractivity contribution in [2.45, 2.75) is 44.9 Å². The Balaban J connectivity index is 1.99. The molecular weight excluding hydrogens is 227 g/mol. The van der Waals surface area contributed by atoms with Gasteiger partial charge in [-0.25, -0.2) is 4.39 Å². The predicted octanol–water partition coefficient (Wildman–Crippen LogP) is 3.95. The van der Waals surface area contributed by atoms with E-state index in [9.17, 15) is 9.50 Å². The second kappa shape index (κ2) is 6.89. The van der Waals surface area contributed by atoms with E-state index in [2.05, 4.69) is 0 Å². The average Bonchev–Trinajstić information content (AvgIpc) is 2.65. The highest BCUT2D eigenvalue weighted by Gasteiger charge is 2.22. The van der Waals surface area contributed by atoms with Crippen molar-refractivity contribution in [3.8, 4) is 0 Å². The molecule has 1 fully saturated rings. The average molecular weight is 250 g/mol. The van der Waals surface area contributed by atoms with Gasteiger partial charge in [0.15, 0.2) is 0 Å². The monoisotopic (exact) mass is 250 g/mol.